The number of aromatic hydroxyl groups is 1. The molecule has 0 bridgehead atoms. The van der Waals surface area contributed by atoms with Crippen molar-refractivity contribution in [1.82, 2.24) is 0 Å². The summed E-state index contributed by atoms with van der Waals surface area (Å²) in [5.74, 6) is -1.58. The minimum absolute atomic E-state index is 0.0169. The molecule has 1 aliphatic rings. The van der Waals surface area contributed by atoms with Crippen LogP contribution < -0.4 is 5.32 Å². The molecule has 1 radical (unpaired) electrons. The van der Waals surface area contributed by atoms with Crippen LogP contribution in [0.2, 0.25) is 13.3 Å². The van der Waals surface area contributed by atoms with E-state index >= 15 is 0 Å². The average molecular weight is 732 g/mol. The molecule has 205 valence electrons. The number of hydrogen-bond acceptors (Lipinski definition) is 8. The molecule has 1 atom stereocenters. The molecular weight excluding hydrogens is 692 g/mol. The Bertz CT molecular complexity index is 900. The molecule has 0 aromatic heterocycles. The fourth-order valence-electron chi connectivity index (χ4n) is 3.76. The number of phenolic OH excluding ortho intramolecular Hbond substituents is 1. The number of amides is 1. The number of carbonyl (C=O) groups is 3. The van der Waals surface area contributed by atoms with Crippen molar-refractivity contribution in [1.29, 1.82) is 0 Å². The van der Waals surface area contributed by atoms with Crippen LogP contribution in [0.5, 0.6) is 5.75 Å². The van der Waals surface area contributed by atoms with Crippen LogP contribution in [0.15, 0.2) is 36.4 Å². The molecule has 1 amide bonds. The zero-order valence-corrected chi connectivity index (χ0v) is 27.9. The van der Waals surface area contributed by atoms with Gasteiger partial charge in [0.2, 0.25) is 0 Å². The molecule has 1 aromatic rings. The fourth-order valence-corrected chi connectivity index (χ4v) is 19.1. The van der Waals surface area contributed by atoms with Crippen LogP contribution in [-0.2, 0) is 26.7 Å². The number of anilines is 1. The molecule has 11 heteroatoms. The van der Waals surface area contributed by atoms with Gasteiger partial charge in [0, 0.05) is 0 Å². The van der Waals surface area contributed by atoms with Gasteiger partial charge < -0.3 is 0 Å². The van der Waals surface area contributed by atoms with E-state index in [2.05, 4.69) is 25.7 Å². The first-order valence-corrected chi connectivity index (χ1v) is 23.8. The molecule has 2 rings (SSSR count). The Morgan fingerprint density at radius 1 is 1.05 bits per heavy atom. The molecule has 0 aliphatic carbocycles. The third kappa shape index (κ3) is 11.1. The van der Waals surface area contributed by atoms with Gasteiger partial charge in [-0.05, 0) is 0 Å². The first-order chi connectivity index (χ1) is 17.7. The third-order valence-corrected chi connectivity index (χ3v) is 20.9. The Hall–Kier alpha value is -1.31. The van der Waals surface area contributed by atoms with Crippen molar-refractivity contribution in [2.45, 2.75) is 85.1 Å². The van der Waals surface area contributed by atoms with Crippen molar-refractivity contribution in [2.24, 2.45) is 0 Å². The molecule has 9 nitrogen and oxygen atoms in total. The number of hydrogen-bond donors (Lipinski definition) is 2. The van der Waals surface area contributed by atoms with Crippen molar-refractivity contribution in [3.8, 4) is 5.75 Å². The first kappa shape index (κ1) is 31.9. The molecule has 2 N–H and O–H groups in total. The number of nitrogens with one attached hydrogen (secondary N) is 1. The monoisotopic (exact) mass is 734 g/mol. The Kier molecular flexibility index (Phi) is 14.3. The first-order valence-electron chi connectivity index (χ1n) is 13.1. The SMILES string of the molecule is C=C(CC(=O)Nc1ccc(O)cc1)C(=O)[O][Sn]([CH2]CCC)[O]C(=O)C1C[O][Sn]([CH2]CCC)([CH2]CCC)[O]1. The summed E-state index contributed by atoms with van der Waals surface area (Å²) in [6.45, 7) is 10.2. The topological polar surface area (TPSA) is 120 Å². The fraction of sp³-hybridized carbons (Fsp3) is 0.577. The molecule has 1 aromatic carbocycles. The van der Waals surface area contributed by atoms with Gasteiger partial charge in [-0.15, -0.1) is 0 Å². The summed E-state index contributed by atoms with van der Waals surface area (Å²) >= 11 is -6.69. The number of unbranched alkanes of at least 4 members (excludes halogenated alkanes) is 3. The summed E-state index contributed by atoms with van der Waals surface area (Å²) in [7, 11) is 0. The van der Waals surface area contributed by atoms with Gasteiger partial charge in [-0.25, -0.2) is 0 Å². The summed E-state index contributed by atoms with van der Waals surface area (Å²) < 4.78 is 26.2. The maximum absolute atomic E-state index is 13.0. The number of carbonyl (C=O) groups excluding carboxylic acids is 3. The Balaban J connectivity index is 1.92. The Labute approximate surface area is 233 Å². The molecule has 37 heavy (non-hydrogen) atoms. The van der Waals surface area contributed by atoms with Crippen molar-refractivity contribution in [2.75, 3.05) is 11.9 Å². The maximum atomic E-state index is 13.0. The van der Waals surface area contributed by atoms with E-state index in [1.54, 1.807) is 12.1 Å². The standard InChI is InChI=1S/C11H11NO4.3C4H9.C3H4O4.2Sn/c1-7(11(15)16)6-10(14)12-8-2-4-9(13)5-3-8;3*1-3-4-2;4-1-2(5)3(6)7;;/h2-5,13H,1,6H2,(H,12,14)(H,15,16);3*1,3-4H2,2H3;2H,1H2,(H,6,7);;/q;;;;-2;2*+2/p-2. The van der Waals surface area contributed by atoms with E-state index in [4.69, 9.17) is 12.3 Å². The van der Waals surface area contributed by atoms with Gasteiger partial charge in [0.05, 0.1) is 0 Å². The van der Waals surface area contributed by atoms with E-state index in [9.17, 15) is 19.5 Å². The van der Waals surface area contributed by atoms with E-state index in [0.29, 0.717) is 10.1 Å². The summed E-state index contributed by atoms with van der Waals surface area (Å²) in [4.78, 5) is 37.9. The van der Waals surface area contributed by atoms with Crippen LogP contribution in [-0.4, -0.2) is 75.5 Å². The second-order valence-corrected chi connectivity index (χ2v) is 23.5. The summed E-state index contributed by atoms with van der Waals surface area (Å²) in [6.07, 6.45) is 4.77. The van der Waals surface area contributed by atoms with Crippen molar-refractivity contribution < 1.29 is 31.8 Å². The number of phenols is 1. The molecular formula is C26H40NO8Sn2. The second-order valence-electron chi connectivity index (χ2n) is 9.20. The normalized spacial score (nSPS) is 16.4. The van der Waals surface area contributed by atoms with Crippen LogP contribution in [0, 0.1) is 0 Å². The zero-order valence-electron chi connectivity index (χ0n) is 22.2. The van der Waals surface area contributed by atoms with Gasteiger partial charge in [0.15, 0.2) is 0 Å². The van der Waals surface area contributed by atoms with Crippen LogP contribution >= 0.6 is 0 Å². The molecule has 1 heterocycles. The van der Waals surface area contributed by atoms with Gasteiger partial charge in [-0.2, -0.15) is 0 Å². The van der Waals surface area contributed by atoms with E-state index < -0.39 is 63.7 Å². The predicted molar refractivity (Wildman–Crippen MR) is 144 cm³/mol. The molecule has 0 spiro atoms. The van der Waals surface area contributed by atoms with Crippen LogP contribution in [0.3, 0.4) is 0 Å². The second kappa shape index (κ2) is 16.6. The number of rotatable bonds is 16. The van der Waals surface area contributed by atoms with Gasteiger partial charge in [-0.1, -0.05) is 0 Å². The van der Waals surface area contributed by atoms with Gasteiger partial charge in [0.1, 0.15) is 0 Å². The zero-order chi connectivity index (χ0) is 27.3. The average Bonchev–Trinajstić information content (AvgIpc) is 3.30. The Morgan fingerprint density at radius 3 is 2.27 bits per heavy atom. The summed E-state index contributed by atoms with van der Waals surface area (Å²) in [6, 6.07) is 5.98. The van der Waals surface area contributed by atoms with Crippen molar-refractivity contribution in [3.05, 3.63) is 36.4 Å². The van der Waals surface area contributed by atoms with E-state index in [-0.39, 0.29) is 24.4 Å². The van der Waals surface area contributed by atoms with Gasteiger partial charge >= 0.3 is 234 Å². The minimum atomic E-state index is -3.39. The summed E-state index contributed by atoms with van der Waals surface area (Å²) in [5.41, 5.74) is 0.465. The van der Waals surface area contributed by atoms with E-state index in [1.165, 1.54) is 12.1 Å². The molecule has 1 aliphatic heterocycles. The van der Waals surface area contributed by atoms with Crippen LogP contribution in [0.1, 0.15) is 65.7 Å². The van der Waals surface area contributed by atoms with Gasteiger partial charge in [0.25, 0.3) is 0 Å². The van der Waals surface area contributed by atoms with E-state index in [1.807, 2.05) is 6.92 Å². The number of benzene rings is 1. The quantitative estimate of drug-likeness (QED) is 0.137. The third-order valence-electron chi connectivity index (χ3n) is 5.91. The predicted octanol–water partition coefficient (Wildman–Crippen LogP) is 5.11. The summed E-state index contributed by atoms with van der Waals surface area (Å²) in [5, 5.41) is 12.0. The van der Waals surface area contributed by atoms with Crippen molar-refractivity contribution >= 4 is 63.3 Å². The van der Waals surface area contributed by atoms with Crippen LogP contribution in [0.4, 0.5) is 5.69 Å². The molecule has 1 saturated heterocycles. The molecule has 1 unspecified atom stereocenters. The van der Waals surface area contributed by atoms with Crippen molar-refractivity contribution in [3.63, 3.8) is 0 Å². The molecule has 0 saturated carbocycles. The van der Waals surface area contributed by atoms with Gasteiger partial charge in [-0.3, -0.25) is 0 Å². The molecule has 1 fully saturated rings. The van der Waals surface area contributed by atoms with E-state index in [0.717, 1.165) is 47.4 Å². The Morgan fingerprint density at radius 2 is 1.68 bits per heavy atom. The van der Waals surface area contributed by atoms with Crippen LogP contribution in [0.25, 0.3) is 0 Å².